The summed E-state index contributed by atoms with van der Waals surface area (Å²) in [5.74, 6) is -3.68. The Hall–Kier alpha value is -2.96. The van der Waals surface area contributed by atoms with Crippen LogP contribution in [0.5, 0.6) is 0 Å². The average molecular weight is 373 g/mol. The van der Waals surface area contributed by atoms with Crippen LogP contribution in [0.1, 0.15) is 11.1 Å². The number of aryl methyl sites for hydroxylation is 1. The summed E-state index contributed by atoms with van der Waals surface area (Å²) in [4.78, 5) is 28.0. The van der Waals surface area contributed by atoms with Crippen LogP contribution in [-0.4, -0.2) is 42.9 Å². The maximum atomic E-state index is 13.6. The predicted octanol–water partition coefficient (Wildman–Crippen LogP) is 2.87. The highest BCUT2D eigenvalue weighted by Crippen LogP contribution is 2.24. The molecule has 2 amide bonds. The monoisotopic (exact) mass is 373 g/mol. The molecule has 0 aliphatic carbocycles. The van der Waals surface area contributed by atoms with Crippen LogP contribution in [0.4, 0.5) is 20.2 Å². The van der Waals surface area contributed by atoms with E-state index in [0.717, 1.165) is 17.8 Å². The van der Waals surface area contributed by atoms with Gasteiger partial charge in [0.15, 0.2) is 0 Å². The van der Waals surface area contributed by atoms with Gasteiger partial charge in [-0.05, 0) is 43.2 Å². The molecule has 0 saturated carbocycles. The SMILES string of the molecule is Cc1cccc(N2CCN(C(=O)C(=O)Nc3c(F)cccc3F)CC2)c1C. The summed E-state index contributed by atoms with van der Waals surface area (Å²) in [6.45, 7) is 5.98. The van der Waals surface area contributed by atoms with Gasteiger partial charge in [0.1, 0.15) is 17.3 Å². The van der Waals surface area contributed by atoms with Gasteiger partial charge in [0.25, 0.3) is 0 Å². The Balaban J connectivity index is 1.63. The molecule has 0 atom stereocenters. The number of carbonyl (C=O) groups excluding carboxylic acids is 2. The van der Waals surface area contributed by atoms with Crippen molar-refractivity contribution in [2.24, 2.45) is 0 Å². The Morgan fingerprint density at radius 2 is 1.52 bits per heavy atom. The number of halogens is 2. The molecule has 5 nitrogen and oxygen atoms in total. The standard InChI is InChI=1S/C20H21F2N3O2/c1-13-5-3-8-17(14(13)2)24-9-11-25(12-10-24)20(27)19(26)23-18-15(21)6-4-7-16(18)22/h3-8H,9-12H2,1-2H3,(H,23,26). The van der Waals surface area contributed by atoms with E-state index in [1.165, 1.54) is 22.1 Å². The van der Waals surface area contributed by atoms with E-state index in [0.29, 0.717) is 26.2 Å². The fourth-order valence-corrected chi connectivity index (χ4v) is 3.16. The molecule has 1 fully saturated rings. The Morgan fingerprint density at radius 3 is 2.15 bits per heavy atom. The molecule has 0 bridgehead atoms. The van der Waals surface area contributed by atoms with Crippen LogP contribution in [0.15, 0.2) is 36.4 Å². The van der Waals surface area contributed by atoms with Crippen molar-refractivity contribution in [1.29, 1.82) is 0 Å². The summed E-state index contributed by atoms with van der Waals surface area (Å²) in [6, 6.07) is 9.30. The summed E-state index contributed by atoms with van der Waals surface area (Å²) in [5.41, 5.74) is 2.88. The number of hydrogen-bond acceptors (Lipinski definition) is 3. The molecule has 0 radical (unpaired) electrons. The van der Waals surface area contributed by atoms with Gasteiger partial charge >= 0.3 is 11.8 Å². The minimum Gasteiger partial charge on any atom is -0.368 e. The lowest BCUT2D eigenvalue weighted by molar-refractivity contribution is -0.143. The molecule has 142 valence electrons. The fourth-order valence-electron chi connectivity index (χ4n) is 3.16. The third-order valence-corrected chi connectivity index (χ3v) is 4.88. The van der Waals surface area contributed by atoms with Crippen LogP contribution in [0.2, 0.25) is 0 Å². The van der Waals surface area contributed by atoms with Gasteiger partial charge in [0.05, 0.1) is 0 Å². The van der Waals surface area contributed by atoms with Gasteiger partial charge < -0.3 is 15.1 Å². The molecule has 1 saturated heterocycles. The van der Waals surface area contributed by atoms with Crippen LogP contribution >= 0.6 is 0 Å². The minimum absolute atomic E-state index is 0.361. The topological polar surface area (TPSA) is 52.7 Å². The highest BCUT2D eigenvalue weighted by Gasteiger charge is 2.27. The summed E-state index contributed by atoms with van der Waals surface area (Å²) in [5, 5.41) is 2.04. The number of nitrogens with one attached hydrogen (secondary N) is 1. The summed E-state index contributed by atoms with van der Waals surface area (Å²) >= 11 is 0. The molecular formula is C20H21F2N3O2. The van der Waals surface area contributed by atoms with E-state index in [-0.39, 0.29) is 0 Å². The number of nitrogens with zero attached hydrogens (tertiary/aromatic N) is 2. The van der Waals surface area contributed by atoms with Crippen LogP contribution < -0.4 is 10.2 Å². The molecule has 2 aromatic carbocycles. The second-order valence-corrected chi connectivity index (χ2v) is 6.55. The maximum Gasteiger partial charge on any atom is 0.314 e. The molecule has 0 unspecified atom stereocenters. The minimum atomic E-state index is -1.04. The maximum absolute atomic E-state index is 13.6. The molecule has 7 heteroatoms. The molecule has 1 N–H and O–H groups in total. The normalized spacial score (nSPS) is 14.2. The van der Waals surface area contributed by atoms with Crippen LogP contribution in [-0.2, 0) is 9.59 Å². The fraction of sp³-hybridized carbons (Fsp3) is 0.300. The molecule has 2 aromatic rings. The lowest BCUT2D eigenvalue weighted by Gasteiger charge is -2.36. The highest BCUT2D eigenvalue weighted by molar-refractivity contribution is 6.39. The van der Waals surface area contributed by atoms with E-state index in [4.69, 9.17) is 0 Å². The molecule has 1 aliphatic rings. The Bertz CT molecular complexity index is 857. The predicted molar refractivity (Wildman–Crippen MR) is 99.7 cm³/mol. The van der Waals surface area contributed by atoms with Crippen molar-refractivity contribution >= 4 is 23.2 Å². The Kier molecular flexibility index (Phi) is 5.39. The zero-order chi connectivity index (χ0) is 19.6. The highest BCUT2D eigenvalue weighted by atomic mass is 19.1. The number of benzene rings is 2. The average Bonchev–Trinajstić information content (AvgIpc) is 2.66. The van der Waals surface area contributed by atoms with Gasteiger partial charge in [-0.15, -0.1) is 0 Å². The van der Waals surface area contributed by atoms with E-state index in [9.17, 15) is 18.4 Å². The summed E-state index contributed by atoms with van der Waals surface area (Å²) in [6.07, 6.45) is 0. The number of rotatable bonds is 2. The van der Waals surface area contributed by atoms with Gasteiger partial charge in [-0.3, -0.25) is 9.59 Å². The van der Waals surface area contributed by atoms with Crippen molar-refractivity contribution in [3.8, 4) is 0 Å². The van der Waals surface area contributed by atoms with Gasteiger partial charge in [-0.2, -0.15) is 0 Å². The molecule has 27 heavy (non-hydrogen) atoms. The largest absolute Gasteiger partial charge is 0.368 e. The van der Waals surface area contributed by atoms with Gasteiger partial charge in [-0.25, -0.2) is 8.78 Å². The van der Waals surface area contributed by atoms with E-state index in [1.807, 2.05) is 30.4 Å². The number of anilines is 2. The molecule has 0 spiro atoms. The quantitative estimate of drug-likeness (QED) is 0.824. The van der Waals surface area contributed by atoms with Crippen molar-refractivity contribution in [2.75, 3.05) is 36.4 Å². The third kappa shape index (κ3) is 3.92. The van der Waals surface area contributed by atoms with E-state index in [2.05, 4.69) is 11.8 Å². The molecule has 1 aliphatic heterocycles. The molecule has 3 rings (SSSR count). The number of piperazine rings is 1. The second-order valence-electron chi connectivity index (χ2n) is 6.55. The van der Waals surface area contributed by atoms with Crippen molar-refractivity contribution in [3.63, 3.8) is 0 Å². The first kappa shape index (κ1) is 18.8. The smallest absolute Gasteiger partial charge is 0.314 e. The molecule has 1 heterocycles. The van der Waals surface area contributed by atoms with Crippen LogP contribution in [0, 0.1) is 25.5 Å². The van der Waals surface area contributed by atoms with Crippen molar-refractivity contribution in [2.45, 2.75) is 13.8 Å². The van der Waals surface area contributed by atoms with Crippen LogP contribution in [0.3, 0.4) is 0 Å². The number of para-hydroxylation sites is 1. The summed E-state index contributed by atoms with van der Waals surface area (Å²) in [7, 11) is 0. The summed E-state index contributed by atoms with van der Waals surface area (Å²) < 4.78 is 27.3. The van der Waals surface area contributed by atoms with E-state index >= 15 is 0 Å². The molecule has 0 aromatic heterocycles. The van der Waals surface area contributed by atoms with Gasteiger partial charge in [0.2, 0.25) is 0 Å². The first-order chi connectivity index (χ1) is 12.9. The zero-order valence-corrected chi connectivity index (χ0v) is 15.3. The zero-order valence-electron chi connectivity index (χ0n) is 15.3. The van der Waals surface area contributed by atoms with Crippen molar-refractivity contribution in [1.82, 2.24) is 4.90 Å². The first-order valence-electron chi connectivity index (χ1n) is 8.74. The lowest BCUT2D eigenvalue weighted by atomic mass is 10.1. The van der Waals surface area contributed by atoms with Crippen LogP contribution in [0.25, 0.3) is 0 Å². The van der Waals surface area contributed by atoms with E-state index < -0.39 is 29.1 Å². The van der Waals surface area contributed by atoms with Crippen molar-refractivity contribution in [3.05, 3.63) is 59.2 Å². The number of amides is 2. The number of hydrogen-bond donors (Lipinski definition) is 1. The van der Waals surface area contributed by atoms with Gasteiger partial charge in [-0.1, -0.05) is 18.2 Å². The Morgan fingerprint density at radius 1 is 0.926 bits per heavy atom. The molecular weight excluding hydrogens is 352 g/mol. The third-order valence-electron chi connectivity index (χ3n) is 4.88. The number of carbonyl (C=O) groups is 2. The Labute approximate surface area is 156 Å². The van der Waals surface area contributed by atoms with E-state index in [1.54, 1.807) is 0 Å². The van der Waals surface area contributed by atoms with Crippen molar-refractivity contribution < 1.29 is 18.4 Å². The lowest BCUT2D eigenvalue weighted by Crippen LogP contribution is -2.51. The second kappa shape index (κ2) is 7.73. The first-order valence-corrected chi connectivity index (χ1v) is 8.74. The van der Waals surface area contributed by atoms with Gasteiger partial charge in [0, 0.05) is 31.9 Å².